The molecule has 2 N–H and O–H groups in total. The van der Waals surface area contributed by atoms with Gasteiger partial charge in [-0.2, -0.15) is 5.10 Å². The average Bonchev–Trinajstić information content (AvgIpc) is 3.55. The number of hydrogen-bond acceptors (Lipinski definition) is 5. The molecule has 0 saturated heterocycles. The third-order valence-electron chi connectivity index (χ3n) is 7.31. The third kappa shape index (κ3) is 3.00. The van der Waals surface area contributed by atoms with Gasteiger partial charge >= 0.3 is 0 Å². The minimum Gasteiger partial charge on any atom is -0.497 e. The molecule has 6 rings (SSSR count). The van der Waals surface area contributed by atoms with E-state index >= 15 is 0 Å². The molecule has 1 saturated carbocycles. The molecule has 2 aromatic carbocycles. The van der Waals surface area contributed by atoms with Crippen molar-refractivity contribution in [2.45, 2.75) is 37.8 Å². The van der Waals surface area contributed by atoms with Crippen molar-refractivity contribution in [3.8, 4) is 11.4 Å². The number of ether oxygens (including phenoxy) is 1. The minimum absolute atomic E-state index is 0.00302. The second-order valence-corrected chi connectivity index (χ2v) is 9.45. The van der Waals surface area contributed by atoms with E-state index in [1.165, 1.54) is 0 Å². The topological polar surface area (TPSA) is 86.3 Å². The van der Waals surface area contributed by atoms with E-state index < -0.39 is 0 Å². The van der Waals surface area contributed by atoms with Crippen molar-refractivity contribution in [3.05, 3.63) is 76.6 Å². The SMILES string of the molecule is COc1ccc(CN2C(=O)c3c(Cl)cc(-n4ccc5c(N)nncc54)cc3C23CCCC3)cc1. The Morgan fingerprint density at radius 1 is 1.15 bits per heavy atom. The van der Waals surface area contributed by atoms with E-state index in [9.17, 15) is 4.79 Å². The largest absolute Gasteiger partial charge is 0.497 e. The van der Waals surface area contributed by atoms with Crippen molar-refractivity contribution in [1.82, 2.24) is 19.7 Å². The Kier molecular flexibility index (Phi) is 4.78. The number of aromatic nitrogens is 3. The van der Waals surface area contributed by atoms with Crippen LogP contribution in [-0.4, -0.2) is 32.7 Å². The number of benzene rings is 2. The lowest BCUT2D eigenvalue weighted by molar-refractivity contribution is 0.0529. The highest BCUT2D eigenvalue weighted by atomic mass is 35.5. The van der Waals surface area contributed by atoms with Gasteiger partial charge in [-0.25, -0.2) is 0 Å². The number of anilines is 1. The fourth-order valence-corrected chi connectivity index (χ4v) is 5.94. The van der Waals surface area contributed by atoms with Crippen molar-refractivity contribution >= 4 is 34.2 Å². The lowest BCUT2D eigenvalue weighted by Crippen LogP contribution is -2.41. The number of carbonyl (C=O) groups is 1. The van der Waals surface area contributed by atoms with Gasteiger partial charge in [-0.15, -0.1) is 5.10 Å². The number of halogens is 1. The predicted octanol–water partition coefficient (Wildman–Crippen LogP) is 5.09. The number of carbonyl (C=O) groups excluding carboxylic acids is 1. The first-order valence-electron chi connectivity index (χ1n) is 11.4. The van der Waals surface area contributed by atoms with Gasteiger partial charge in [0, 0.05) is 23.8 Å². The molecule has 4 aromatic rings. The molecular weight excluding hydrogens is 450 g/mol. The Balaban J connectivity index is 1.47. The molecular formula is C26H24ClN5O2. The summed E-state index contributed by atoms with van der Waals surface area (Å²) >= 11 is 6.81. The summed E-state index contributed by atoms with van der Waals surface area (Å²) in [5.41, 5.74) is 10.1. The predicted molar refractivity (Wildman–Crippen MR) is 131 cm³/mol. The van der Waals surface area contributed by atoms with Gasteiger partial charge in [0.1, 0.15) is 5.75 Å². The molecule has 1 amide bonds. The molecule has 7 nitrogen and oxygen atoms in total. The maximum atomic E-state index is 13.7. The van der Waals surface area contributed by atoms with Crippen LogP contribution in [0.3, 0.4) is 0 Å². The highest BCUT2D eigenvalue weighted by Crippen LogP contribution is 2.52. The summed E-state index contributed by atoms with van der Waals surface area (Å²) in [5.74, 6) is 1.18. The number of rotatable bonds is 4. The quantitative estimate of drug-likeness (QED) is 0.446. The molecule has 1 aliphatic carbocycles. The van der Waals surface area contributed by atoms with Crippen LogP contribution >= 0.6 is 11.6 Å². The molecule has 8 heteroatoms. The van der Waals surface area contributed by atoms with Gasteiger partial charge in [0.15, 0.2) is 5.82 Å². The zero-order valence-corrected chi connectivity index (χ0v) is 19.5. The first kappa shape index (κ1) is 21.0. The first-order valence-corrected chi connectivity index (χ1v) is 11.8. The number of amides is 1. The normalized spacial score (nSPS) is 16.5. The van der Waals surface area contributed by atoms with E-state index in [0.717, 1.165) is 59.2 Å². The Hall–Kier alpha value is -3.58. The molecule has 34 heavy (non-hydrogen) atoms. The number of nitrogen functional groups attached to an aromatic ring is 1. The fourth-order valence-electron chi connectivity index (χ4n) is 5.64. The van der Waals surface area contributed by atoms with Crippen LogP contribution in [0.5, 0.6) is 5.75 Å². The zero-order valence-electron chi connectivity index (χ0n) is 18.8. The number of nitrogens with two attached hydrogens (primary N) is 1. The summed E-state index contributed by atoms with van der Waals surface area (Å²) in [4.78, 5) is 15.8. The van der Waals surface area contributed by atoms with Crippen molar-refractivity contribution in [3.63, 3.8) is 0 Å². The highest BCUT2D eigenvalue weighted by Gasteiger charge is 2.51. The van der Waals surface area contributed by atoms with Crippen molar-refractivity contribution in [2.75, 3.05) is 12.8 Å². The third-order valence-corrected chi connectivity index (χ3v) is 7.61. The van der Waals surface area contributed by atoms with Gasteiger partial charge in [-0.1, -0.05) is 36.6 Å². The second kappa shape index (κ2) is 7.74. The maximum absolute atomic E-state index is 13.7. The van der Waals surface area contributed by atoms with Crippen LogP contribution in [-0.2, 0) is 12.1 Å². The van der Waals surface area contributed by atoms with Gasteiger partial charge < -0.3 is 19.9 Å². The van der Waals surface area contributed by atoms with Crippen molar-refractivity contribution in [2.24, 2.45) is 0 Å². The summed E-state index contributed by atoms with van der Waals surface area (Å²) < 4.78 is 7.30. The Labute approximate surface area is 202 Å². The Morgan fingerprint density at radius 3 is 2.65 bits per heavy atom. The zero-order chi connectivity index (χ0) is 23.4. The van der Waals surface area contributed by atoms with E-state index in [0.29, 0.717) is 22.9 Å². The Bertz CT molecular complexity index is 1420. The van der Waals surface area contributed by atoms with E-state index in [1.807, 2.05) is 52.1 Å². The molecule has 172 valence electrons. The van der Waals surface area contributed by atoms with E-state index in [1.54, 1.807) is 13.3 Å². The lowest BCUT2D eigenvalue weighted by Gasteiger charge is -2.36. The molecule has 3 heterocycles. The van der Waals surface area contributed by atoms with Crippen molar-refractivity contribution in [1.29, 1.82) is 0 Å². The summed E-state index contributed by atoms with van der Waals surface area (Å²) in [6.07, 6.45) is 7.63. The minimum atomic E-state index is -0.353. The van der Waals surface area contributed by atoms with Gasteiger partial charge in [0.05, 0.1) is 34.9 Å². The van der Waals surface area contributed by atoms with Crippen LogP contribution in [0.1, 0.15) is 47.2 Å². The molecule has 0 atom stereocenters. The summed E-state index contributed by atoms with van der Waals surface area (Å²) in [5, 5.41) is 9.27. The highest BCUT2D eigenvalue weighted by molar-refractivity contribution is 6.34. The molecule has 0 bridgehead atoms. The van der Waals surface area contributed by atoms with Crippen LogP contribution in [0.25, 0.3) is 16.6 Å². The number of methoxy groups -OCH3 is 1. The van der Waals surface area contributed by atoms with Crippen LogP contribution in [0, 0.1) is 0 Å². The monoisotopic (exact) mass is 473 g/mol. The van der Waals surface area contributed by atoms with Gasteiger partial charge in [0.2, 0.25) is 0 Å². The molecule has 1 spiro atoms. The van der Waals surface area contributed by atoms with Crippen LogP contribution in [0.2, 0.25) is 5.02 Å². The maximum Gasteiger partial charge on any atom is 0.256 e. The molecule has 0 radical (unpaired) electrons. The van der Waals surface area contributed by atoms with E-state index in [-0.39, 0.29) is 11.4 Å². The molecule has 2 aromatic heterocycles. The fraction of sp³-hybridized carbons (Fsp3) is 0.269. The second-order valence-electron chi connectivity index (χ2n) is 9.04. The standard InChI is InChI=1S/C26H24ClN5O2/c1-34-18-6-4-16(5-7-18)15-32-25(33)23-20(26(32)9-2-3-10-26)12-17(13-21(23)27)31-11-8-19-22(31)14-29-30-24(19)28/h4-8,11-14H,2-3,9-10,15H2,1H3,(H2,28,30). The molecule has 0 unspecified atom stereocenters. The molecule has 2 aliphatic rings. The van der Waals surface area contributed by atoms with Gasteiger partial charge in [-0.3, -0.25) is 4.79 Å². The average molecular weight is 474 g/mol. The van der Waals surface area contributed by atoms with Crippen molar-refractivity contribution < 1.29 is 9.53 Å². The summed E-state index contributed by atoms with van der Waals surface area (Å²) in [7, 11) is 1.65. The van der Waals surface area contributed by atoms with E-state index in [2.05, 4.69) is 16.3 Å². The number of hydrogen-bond donors (Lipinski definition) is 1. The Morgan fingerprint density at radius 2 is 1.91 bits per heavy atom. The van der Waals surface area contributed by atoms with Gasteiger partial charge in [0.25, 0.3) is 5.91 Å². The number of fused-ring (bicyclic) bond motifs is 3. The van der Waals surface area contributed by atoms with Crippen LogP contribution in [0.15, 0.2) is 54.9 Å². The first-order chi connectivity index (χ1) is 16.5. The van der Waals surface area contributed by atoms with Gasteiger partial charge in [-0.05, 0) is 54.3 Å². The summed E-state index contributed by atoms with van der Waals surface area (Å²) in [6.45, 7) is 0.530. The smallest absolute Gasteiger partial charge is 0.256 e. The molecule has 1 aliphatic heterocycles. The number of nitrogens with zero attached hydrogens (tertiary/aromatic N) is 4. The van der Waals surface area contributed by atoms with Crippen LogP contribution < -0.4 is 10.5 Å². The van der Waals surface area contributed by atoms with Crippen LogP contribution in [0.4, 0.5) is 5.82 Å². The van der Waals surface area contributed by atoms with E-state index in [4.69, 9.17) is 22.1 Å². The summed E-state index contributed by atoms with van der Waals surface area (Å²) in [6, 6.07) is 13.8. The molecule has 1 fully saturated rings. The lowest BCUT2D eigenvalue weighted by atomic mass is 9.87.